The Kier molecular flexibility index (Phi) is 5.09. The van der Waals surface area contributed by atoms with Crippen LogP contribution in [0.2, 0.25) is 0 Å². The van der Waals surface area contributed by atoms with E-state index in [0.717, 1.165) is 30.1 Å². The van der Waals surface area contributed by atoms with Crippen molar-refractivity contribution in [2.45, 2.75) is 24.6 Å². The van der Waals surface area contributed by atoms with Crippen LogP contribution in [0.15, 0.2) is 54.7 Å². The van der Waals surface area contributed by atoms with Crippen LogP contribution in [0.25, 0.3) is 0 Å². The first-order valence-electron chi connectivity index (χ1n) is 8.20. The van der Waals surface area contributed by atoms with Crippen LogP contribution in [0.4, 0.5) is 4.79 Å². The number of pyridine rings is 1. The van der Waals surface area contributed by atoms with Crippen molar-refractivity contribution in [2.75, 3.05) is 18.8 Å². The van der Waals surface area contributed by atoms with Crippen LogP contribution in [0.5, 0.6) is 0 Å². The minimum atomic E-state index is -0.238. The van der Waals surface area contributed by atoms with Crippen molar-refractivity contribution in [2.24, 2.45) is 0 Å². The van der Waals surface area contributed by atoms with Gasteiger partial charge in [-0.2, -0.15) is 11.8 Å². The molecule has 24 heavy (non-hydrogen) atoms. The van der Waals surface area contributed by atoms with E-state index in [-0.39, 0.29) is 16.8 Å². The zero-order valence-corrected chi connectivity index (χ0v) is 14.9. The first-order chi connectivity index (χ1) is 11.6. The number of urea groups is 1. The third kappa shape index (κ3) is 4.09. The molecule has 1 aromatic carbocycles. The summed E-state index contributed by atoms with van der Waals surface area (Å²) in [6.45, 7) is 5.91. The predicted molar refractivity (Wildman–Crippen MR) is 99.2 cm³/mol. The number of nitrogens with one attached hydrogen (secondary N) is 1. The molecule has 0 saturated carbocycles. The van der Waals surface area contributed by atoms with Gasteiger partial charge in [0.25, 0.3) is 0 Å². The summed E-state index contributed by atoms with van der Waals surface area (Å²) in [6, 6.07) is 15.5. The van der Waals surface area contributed by atoms with Crippen LogP contribution < -0.4 is 5.32 Å². The number of aromatic nitrogens is 1. The van der Waals surface area contributed by atoms with Gasteiger partial charge in [-0.3, -0.25) is 4.98 Å². The van der Waals surface area contributed by atoms with E-state index in [1.165, 1.54) is 0 Å². The summed E-state index contributed by atoms with van der Waals surface area (Å²) < 4.78 is 0.100. The van der Waals surface area contributed by atoms with E-state index in [1.807, 2.05) is 65.2 Å². The van der Waals surface area contributed by atoms with Gasteiger partial charge in [0.1, 0.15) is 0 Å². The van der Waals surface area contributed by atoms with Gasteiger partial charge in [0.2, 0.25) is 0 Å². The maximum Gasteiger partial charge on any atom is 0.318 e. The third-order valence-electron chi connectivity index (χ3n) is 4.10. The highest BCUT2D eigenvalue weighted by atomic mass is 32.2. The van der Waals surface area contributed by atoms with Crippen LogP contribution in [-0.2, 0) is 0 Å². The molecule has 0 radical (unpaired) electrons. The molecule has 2 heterocycles. The van der Waals surface area contributed by atoms with E-state index in [2.05, 4.69) is 24.1 Å². The largest absolute Gasteiger partial charge is 0.325 e. The van der Waals surface area contributed by atoms with E-state index in [4.69, 9.17) is 0 Å². The van der Waals surface area contributed by atoms with Crippen molar-refractivity contribution in [1.29, 1.82) is 0 Å². The van der Waals surface area contributed by atoms with Gasteiger partial charge in [-0.05, 0) is 31.5 Å². The summed E-state index contributed by atoms with van der Waals surface area (Å²) in [4.78, 5) is 19.2. The number of amides is 2. The summed E-state index contributed by atoms with van der Waals surface area (Å²) in [5.41, 5.74) is 1.89. The molecule has 0 bridgehead atoms. The number of nitrogens with zero attached hydrogens (tertiary/aromatic N) is 2. The highest BCUT2D eigenvalue weighted by Gasteiger charge is 2.31. The molecule has 3 rings (SSSR count). The Labute approximate surface area is 147 Å². The van der Waals surface area contributed by atoms with Crippen molar-refractivity contribution < 1.29 is 4.79 Å². The summed E-state index contributed by atoms with van der Waals surface area (Å²) in [5, 5.41) is 3.17. The van der Waals surface area contributed by atoms with E-state index in [1.54, 1.807) is 6.20 Å². The molecule has 1 N–H and O–H groups in total. The van der Waals surface area contributed by atoms with E-state index in [9.17, 15) is 4.79 Å². The van der Waals surface area contributed by atoms with Gasteiger partial charge in [-0.15, -0.1) is 0 Å². The van der Waals surface area contributed by atoms with Crippen molar-refractivity contribution in [3.63, 3.8) is 0 Å². The quantitative estimate of drug-likeness (QED) is 0.926. The van der Waals surface area contributed by atoms with E-state index < -0.39 is 0 Å². The maximum absolute atomic E-state index is 12.8. The number of carbonyl (C=O) groups excluding carboxylic acids is 1. The highest BCUT2D eigenvalue weighted by molar-refractivity contribution is 8.00. The molecule has 1 aliphatic rings. The second-order valence-electron chi connectivity index (χ2n) is 6.58. The lowest BCUT2D eigenvalue weighted by Crippen LogP contribution is -2.50. The Morgan fingerprint density at radius 2 is 1.96 bits per heavy atom. The first-order valence-corrected chi connectivity index (χ1v) is 9.19. The molecule has 1 aliphatic heterocycles. The van der Waals surface area contributed by atoms with Gasteiger partial charge < -0.3 is 10.2 Å². The third-order valence-corrected chi connectivity index (χ3v) is 5.39. The van der Waals surface area contributed by atoms with Crippen molar-refractivity contribution in [1.82, 2.24) is 15.2 Å². The summed E-state index contributed by atoms with van der Waals surface area (Å²) in [7, 11) is 0. The molecular weight excluding hydrogens is 318 g/mol. The van der Waals surface area contributed by atoms with Gasteiger partial charge in [-0.25, -0.2) is 4.79 Å². The van der Waals surface area contributed by atoms with Crippen LogP contribution >= 0.6 is 11.8 Å². The summed E-state index contributed by atoms with van der Waals surface area (Å²) in [6.07, 6.45) is 1.76. The molecule has 0 unspecified atom stereocenters. The summed E-state index contributed by atoms with van der Waals surface area (Å²) in [5.74, 6) is 0.972. The zero-order chi connectivity index (χ0) is 17.0. The molecule has 2 aromatic rings. The molecule has 1 aromatic heterocycles. The Hall–Kier alpha value is -2.01. The lowest BCUT2D eigenvalue weighted by Gasteiger charge is -2.38. The fourth-order valence-electron chi connectivity index (χ4n) is 2.92. The van der Waals surface area contributed by atoms with E-state index in [0.29, 0.717) is 0 Å². The lowest BCUT2D eigenvalue weighted by molar-refractivity contribution is 0.192. The standard InChI is InChI=1S/C19H23N3OS/c1-19(2)14-22(12-13-24-19)18(23)21-17(15-8-4-3-5-9-15)16-10-6-7-11-20-16/h3-11,17H,12-14H2,1-2H3,(H,21,23)/t17-/m0/s1. The number of hydrogen-bond donors (Lipinski definition) is 1. The van der Waals surface area contributed by atoms with Crippen molar-refractivity contribution in [3.05, 3.63) is 66.0 Å². The highest BCUT2D eigenvalue weighted by Crippen LogP contribution is 2.30. The van der Waals surface area contributed by atoms with Crippen LogP contribution in [-0.4, -0.2) is 39.5 Å². The summed E-state index contributed by atoms with van der Waals surface area (Å²) >= 11 is 1.92. The van der Waals surface area contributed by atoms with Crippen LogP contribution in [0.3, 0.4) is 0 Å². The molecular formula is C19H23N3OS. The SMILES string of the molecule is CC1(C)CN(C(=O)N[C@@H](c2ccccc2)c2ccccn2)CCS1. The normalized spacial score (nSPS) is 18.0. The van der Waals surface area contributed by atoms with Gasteiger partial charge >= 0.3 is 6.03 Å². The molecule has 1 fully saturated rings. The molecule has 126 valence electrons. The number of thioether (sulfide) groups is 1. The Morgan fingerprint density at radius 3 is 2.62 bits per heavy atom. The molecule has 1 atom stereocenters. The number of rotatable bonds is 3. The lowest BCUT2D eigenvalue weighted by atomic mass is 10.0. The zero-order valence-electron chi connectivity index (χ0n) is 14.1. The maximum atomic E-state index is 12.8. The van der Waals surface area contributed by atoms with Crippen molar-refractivity contribution >= 4 is 17.8 Å². The molecule has 5 heteroatoms. The van der Waals surface area contributed by atoms with Gasteiger partial charge in [0, 0.05) is 29.8 Å². The second-order valence-corrected chi connectivity index (χ2v) is 8.38. The minimum absolute atomic E-state index is 0.0251. The predicted octanol–water partition coefficient (Wildman–Crippen LogP) is 3.71. The average molecular weight is 341 g/mol. The fraction of sp³-hybridized carbons (Fsp3) is 0.368. The number of benzene rings is 1. The van der Waals surface area contributed by atoms with Gasteiger partial charge in [0.15, 0.2) is 0 Å². The molecule has 0 aliphatic carbocycles. The monoisotopic (exact) mass is 341 g/mol. The van der Waals surface area contributed by atoms with Gasteiger partial charge in [0.05, 0.1) is 11.7 Å². The smallest absolute Gasteiger partial charge is 0.318 e. The number of carbonyl (C=O) groups is 1. The fourth-order valence-corrected chi connectivity index (χ4v) is 4.04. The van der Waals surface area contributed by atoms with Crippen molar-refractivity contribution in [3.8, 4) is 0 Å². The minimum Gasteiger partial charge on any atom is -0.325 e. The molecule has 1 saturated heterocycles. The topological polar surface area (TPSA) is 45.2 Å². The Morgan fingerprint density at radius 1 is 1.21 bits per heavy atom. The Bertz CT molecular complexity index is 636. The van der Waals surface area contributed by atoms with E-state index >= 15 is 0 Å². The second kappa shape index (κ2) is 7.26. The number of hydrogen-bond acceptors (Lipinski definition) is 3. The molecule has 4 nitrogen and oxygen atoms in total. The van der Waals surface area contributed by atoms with Crippen LogP contribution in [0, 0.1) is 0 Å². The molecule has 0 spiro atoms. The average Bonchev–Trinajstić information content (AvgIpc) is 2.60. The first kappa shape index (κ1) is 16.8. The Balaban J connectivity index is 1.81. The molecule has 2 amide bonds. The van der Waals surface area contributed by atoms with Crippen LogP contribution in [0.1, 0.15) is 31.1 Å². The van der Waals surface area contributed by atoms with Gasteiger partial charge in [-0.1, -0.05) is 36.4 Å².